The molecule has 2 atom stereocenters. The minimum Gasteiger partial charge on any atom is -0.455 e. The van der Waals surface area contributed by atoms with Gasteiger partial charge in [0, 0.05) is 25.7 Å². The first-order valence-corrected chi connectivity index (χ1v) is 8.99. The number of furan rings is 1. The van der Waals surface area contributed by atoms with Crippen LogP contribution in [0.1, 0.15) is 55.3 Å². The summed E-state index contributed by atoms with van der Waals surface area (Å²) in [7, 11) is 0. The maximum absolute atomic E-state index is 12.6. The Bertz CT molecular complexity index is 528. The van der Waals surface area contributed by atoms with Crippen molar-refractivity contribution in [2.45, 2.75) is 51.6 Å². The van der Waals surface area contributed by atoms with Crippen LogP contribution in [0, 0.1) is 5.92 Å². The predicted molar refractivity (Wildman–Crippen MR) is 90.1 cm³/mol. The van der Waals surface area contributed by atoms with Crippen molar-refractivity contribution in [2.75, 3.05) is 26.2 Å². The maximum atomic E-state index is 12.6. The number of nitrogens with two attached hydrogens (primary N) is 1. The van der Waals surface area contributed by atoms with Crippen molar-refractivity contribution in [2.24, 2.45) is 11.7 Å². The van der Waals surface area contributed by atoms with E-state index in [1.54, 1.807) is 12.1 Å². The zero-order chi connectivity index (χ0) is 16.2. The van der Waals surface area contributed by atoms with E-state index in [1.165, 1.54) is 32.2 Å². The van der Waals surface area contributed by atoms with E-state index in [4.69, 9.17) is 10.2 Å². The minimum atomic E-state index is 0.0149. The second kappa shape index (κ2) is 7.49. The third-order valence-corrected chi connectivity index (χ3v) is 5.31. The lowest BCUT2D eigenvalue weighted by molar-refractivity contribution is 0.0565. The van der Waals surface area contributed by atoms with Gasteiger partial charge in [0.05, 0.1) is 6.54 Å². The molecule has 2 fully saturated rings. The zero-order valence-electron chi connectivity index (χ0n) is 14.2. The second-order valence-corrected chi connectivity index (χ2v) is 7.07. The molecule has 3 heterocycles. The van der Waals surface area contributed by atoms with Crippen LogP contribution in [0.2, 0.25) is 0 Å². The van der Waals surface area contributed by atoms with Gasteiger partial charge in [-0.15, -0.1) is 0 Å². The van der Waals surface area contributed by atoms with E-state index in [9.17, 15) is 4.79 Å². The maximum Gasteiger partial charge on any atom is 0.289 e. The summed E-state index contributed by atoms with van der Waals surface area (Å²) in [4.78, 5) is 17.2. The number of hydrogen-bond donors (Lipinski definition) is 1. The molecule has 2 aliphatic rings. The van der Waals surface area contributed by atoms with Crippen LogP contribution in [-0.4, -0.2) is 47.9 Å². The molecule has 1 aromatic heterocycles. The van der Waals surface area contributed by atoms with Gasteiger partial charge in [-0.3, -0.25) is 4.79 Å². The first-order valence-electron chi connectivity index (χ1n) is 8.99. The molecule has 2 aliphatic heterocycles. The topological polar surface area (TPSA) is 62.7 Å². The van der Waals surface area contributed by atoms with Gasteiger partial charge < -0.3 is 20.0 Å². The number of likely N-dealkylation sites (tertiary alicyclic amines) is 2. The van der Waals surface area contributed by atoms with Crippen molar-refractivity contribution in [3.63, 3.8) is 0 Å². The summed E-state index contributed by atoms with van der Waals surface area (Å²) in [5.74, 6) is 1.69. The number of carbonyl (C=O) groups is 1. The number of piperidine rings is 2. The van der Waals surface area contributed by atoms with Crippen molar-refractivity contribution in [3.05, 3.63) is 23.7 Å². The Morgan fingerprint density at radius 1 is 1.26 bits per heavy atom. The van der Waals surface area contributed by atoms with Gasteiger partial charge in [-0.05, 0) is 57.2 Å². The number of carbonyl (C=O) groups excluding carboxylic acids is 1. The summed E-state index contributed by atoms with van der Waals surface area (Å²) in [6.45, 7) is 6.69. The van der Waals surface area contributed by atoms with Gasteiger partial charge in [0.1, 0.15) is 5.76 Å². The lowest BCUT2D eigenvalue weighted by atomic mass is 9.94. The fourth-order valence-electron chi connectivity index (χ4n) is 3.92. The fourth-order valence-corrected chi connectivity index (χ4v) is 3.92. The van der Waals surface area contributed by atoms with E-state index in [-0.39, 0.29) is 5.91 Å². The van der Waals surface area contributed by atoms with Crippen LogP contribution in [0.15, 0.2) is 16.5 Å². The van der Waals surface area contributed by atoms with Crippen molar-refractivity contribution in [1.82, 2.24) is 9.80 Å². The number of nitrogens with zero attached hydrogens (tertiary/aromatic N) is 2. The minimum absolute atomic E-state index is 0.0149. The summed E-state index contributed by atoms with van der Waals surface area (Å²) in [5, 5.41) is 0. The third-order valence-electron chi connectivity index (χ3n) is 5.31. The van der Waals surface area contributed by atoms with Crippen molar-refractivity contribution < 1.29 is 9.21 Å². The van der Waals surface area contributed by atoms with Gasteiger partial charge in [-0.25, -0.2) is 0 Å². The molecule has 0 unspecified atom stereocenters. The zero-order valence-corrected chi connectivity index (χ0v) is 14.2. The molecule has 128 valence electrons. The number of hydrogen-bond acceptors (Lipinski definition) is 4. The molecule has 0 radical (unpaired) electrons. The summed E-state index contributed by atoms with van der Waals surface area (Å²) < 4.78 is 5.52. The highest BCUT2D eigenvalue weighted by atomic mass is 16.4. The van der Waals surface area contributed by atoms with E-state index in [0.717, 1.165) is 26.1 Å². The molecule has 1 amide bonds. The molecule has 0 aromatic carbocycles. The van der Waals surface area contributed by atoms with Crippen LogP contribution < -0.4 is 5.73 Å². The van der Waals surface area contributed by atoms with Gasteiger partial charge in [-0.1, -0.05) is 6.42 Å². The molecule has 2 saturated heterocycles. The Labute approximate surface area is 138 Å². The Kier molecular flexibility index (Phi) is 5.38. The lowest BCUT2D eigenvalue weighted by Gasteiger charge is -2.39. The van der Waals surface area contributed by atoms with Gasteiger partial charge in [-0.2, -0.15) is 0 Å². The Morgan fingerprint density at radius 2 is 2.13 bits per heavy atom. The second-order valence-electron chi connectivity index (χ2n) is 7.07. The predicted octanol–water partition coefficient (Wildman–Crippen LogP) is 2.46. The highest BCUT2D eigenvalue weighted by Crippen LogP contribution is 2.24. The molecule has 2 N–H and O–H groups in total. The van der Waals surface area contributed by atoms with Crippen LogP contribution in [0.25, 0.3) is 0 Å². The summed E-state index contributed by atoms with van der Waals surface area (Å²) in [6, 6.07) is 4.23. The molecule has 3 rings (SSSR count). The lowest BCUT2D eigenvalue weighted by Crippen LogP contribution is -2.46. The molecule has 5 heteroatoms. The molecule has 0 aliphatic carbocycles. The molecule has 0 spiro atoms. The summed E-state index contributed by atoms with van der Waals surface area (Å²) in [6.07, 6.45) is 6.29. The number of amides is 1. The van der Waals surface area contributed by atoms with Gasteiger partial charge in [0.25, 0.3) is 5.91 Å². The monoisotopic (exact) mass is 319 g/mol. The van der Waals surface area contributed by atoms with Crippen molar-refractivity contribution >= 4 is 5.91 Å². The summed E-state index contributed by atoms with van der Waals surface area (Å²) in [5.41, 5.74) is 5.56. The van der Waals surface area contributed by atoms with Gasteiger partial charge in [0.15, 0.2) is 5.76 Å². The molecule has 1 aromatic rings. The smallest absolute Gasteiger partial charge is 0.289 e. The molecular weight excluding hydrogens is 290 g/mol. The molecule has 0 saturated carbocycles. The van der Waals surface area contributed by atoms with Crippen LogP contribution in [0.5, 0.6) is 0 Å². The van der Waals surface area contributed by atoms with E-state index >= 15 is 0 Å². The highest BCUT2D eigenvalue weighted by molar-refractivity contribution is 5.91. The van der Waals surface area contributed by atoms with Crippen LogP contribution in [0.3, 0.4) is 0 Å². The Balaban J connectivity index is 1.58. The van der Waals surface area contributed by atoms with Gasteiger partial charge >= 0.3 is 0 Å². The number of rotatable bonds is 4. The summed E-state index contributed by atoms with van der Waals surface area (Å²) >= 11 is 0. The van der Waals surface area contributed by atoms with Gasteiger partial charge in [0.2, 0.25) is 0 Å². The Morgan fingerprint density at radius 3 is 2.87 bits per heavy atom. The third kappa shape index (κ3) is 3.96. The van der Waals surface area contributed by atoms with E-state index in [0.29, 0.717) is 30.0 Å². The molecule has 0 bridgehead atoms. The van der Waals surface area contributed by atoms with Crippen LogP contribution in [0.4, 0.5) is 0 Å². The van der Waals surface area contributed by atoms with E-state index < -0.39 is 0 Å². The van der Waals surface area contributed by atoms with Crippen LogP contribution in [-0.2, 0) is 6.54 Å². The first-order chi connectivity index (χ1) is 11.2. The van der Waals surface area contributed by atoms with Crippen LogP contribution >= 0.6 is 0 Å². The van der Waals surface area contributed by atoms with E-state index in [2.05, 4.69) is 11.8 Å². The van der Waals surface area contributed by atoms with Crippen molar-refractivity contribution in [3.8, 4) is 0 Å². The normalized spacial score (nSPS) is 26.4. The SMILES string of the molecule is C[C@H]1CCCCN1C[C@@H]1CCCN(C(=O)c2ccc(CN)o2)C1. The average molecular weight is 319 g/mol. The molecular formula is C18H29N3O2. The average Bonchev–Trinajstić information content (AvgIpc) is 3.06. The molecule has 23 heavy (non-hydrogen) atoms. The van der Waals surface area contributed by atoms with E-state index in [1.807, 2.05) is 4.90 Å². The van der Waals surface area contributed by atoms with Crippen molar-refractivity contribution in [1.29, 1.82) is 0 Å². The fraction of sp³-hybridized carbons (Fsp3) is 0.722. The molecule has 5 nitrogen and oxygen atoms in total. The first kappa shape index (κ1) is 16.5. The Hall–Kier alpha value is -1.33. The highest BCUT2D eigenvalue weighted by Gasteiger charge is 2.29. The largest absolute Gasteiger partial charge is 0.455 e. The standard InChI is InChI=1S/C18H29N3O2/c1-14-5-2-3-9-20(14)12-15-6-4-10-21(13-15)18(22)17-8-7-16(11-19)23-17/h7-8,14-15H,2-6,9-13,19H2,1H3/t14-,15-/m0/s1. The quantitative estimate of drug-likeness (QED) is 0.926.